The lowest BCUT2D eigenvalue weighted by Crippen LogP contribution is -2.48. The molecule has 26 heavy (non-hydrogen) atoms. The van der Waals surface area contributed by atoms with Crippen LogP contribution in [0.2, 0.25) is 0 Å². The van der Waals surface area contributed by atoms with Crippen LogP contribution in [0.4, 0.5) is 0 Å². The summed E-state index contributed by atoms with van der Waals surface area (Å²) in [5.41, 5.74) is 1.75. The Morgan fingerprint density at radius 2 is 2.15 bits per heavy atom. The average molecular weight is 374 g/mol. The predicted octanol–water partition coefficient (Wildman–Crippen LogP) is 2.65. The van der Waals surface area contributed by atoms with Crippen molar-refractivity contribution in [2.75, 3.05) is 13.2 Å². The normalized spacial score (nSPS) is 18.3. The molecule has 0 aliphatic carbocycles. The average Bonchev–Trinajstić information content (AvgIpc) is 3.01. The number of nitrogens with zero attached hydrogens (tertiary/aromatic N) is 1. The van der Waals surface area contributed by atoms with E-state index in [1.54, 1.807) is 6.92 Å². The minimum Gasteiger partial charge on any atom is -0.480 e. The number of carbonyl (C=O) groups is 2. The molecule has 7 heteroatoms. The van der Waals surface area contributed by atoms with Crippen LogP contribution in [0, 0.1) is 12.8 Å². The Morgan fingerprint density at radius 1 is 1.38 bits per heavy atom. The Balaban J connectivity index is 1.71. The van der Waals surface area contributed by atoms with Crippen molar-refractivity contribution in [2.45, 2.75) is 32.2 Å². The van der Waals surface area contributed by atoms with Crippen molar-refractivity contribution in [1.82, 2.24) is 10.3 Å². The number of carboxylic acid groups (broad SMARTS) is 1. The quantitative estimate of drug-likeness (QED) is 0.811. The highest BCUT2D eigenvalue weighted by molar-refractivity contribution is 7.13. The van der Waals surface area contributed by atoms with Gasteiger partial charge in [0.15, 0.2) is 0 Å². The summed E-state index contributed by atoms with van der Waals surface area (Å²) in [4.78, 5) is 29.2. The van der Waals surface area contributed by atoms with Gasteiger partial charge in [0.25, 0.3) is 5.91 Å². The molecular formula is C19H22N2O4S. The lowest BCUT2D eigenvalue weighted by Gasteiger charge is -2.27. The van der Waals surface area contributed by atoms with Crippen molar-refractivity contribution in [3.63, 3.8) is 0 Å². The lowest BCUT2D eigenvalue weighted by atomic mass is 9.93. The van der Waals surface area contributed by atoms with Gasteiger partial charge in [-0.15, -0.1) is 11.3 Å². The summed E-state index contributed by atoms with van der Waals surface area (Å²) < 4.78 is 5.37. The molecule has 1 saturated heterocycles. The van der Waals surface area contributed by atoms with E-state index in [1.807, 2.05) is 30.3 Å². The first kappa shape index (κ1) is 18.5. The number of benzene rings is 1. The minimum absolute atomic E-state index is 0.206. The molecule has 1 fully saturated rings. The number of ether oxygens (including phenoxy) is 1. The number of hydrogen-bond acceptors (Lipinski definition) is 5. The van der Waals surface area contributed by atoms with Crippen LogP contribution in [0.3, 0.4) is 0 Å². The molecule has 2 unspecified atom stereocenters. The van der Waals surface area contributed by atoms with Crippen LogP contribution in [0.5, 0.6) is 0 Å². The second kappa shape index (κ2) is 8.42. The van der Waals surface area contributed by atoms with E-state index in [2.05, 4.69) is 10.3 Å². The van der Waals surface area contributed by atoms with E-state index in [0.29, 0.717) is 30.2 Å². The summed E-state index contributed by atoms with van der Waals surface area (Å²) in [6.07, 6.45) is 2.20. The zero-order chi connectivity index (χ0) is 18.5. The molecule has 2 aromatic rings. The number of aromatic nitrogens is 1. The Bertz CT molecular complexity index is 769. The fourth-order valence-electron chi connectivity index (χ4n) is 3.13. The maximum absolute atomic E-state index is 12.6. The van der Waals surface area contributed by atoms with Gasteiger partial charge in [-0.05, 0) is 25.3 Å². The van der Waals surface area contributed by atoms with E-state index in [0.717, 1.165) is 23.4 Å². The molecule has 2 N–H and O–H groups in total. The molecule has 0 radical (unpaired) electrons. The largest absolute Gasteiger partial charge is 0.480 e. The molecule has 2 atom stereocenters. The Hall–Kier alpha value is -2.25. The van der Waals surface area contributed by atoms with Crippen LogP contribution in [0.15, 0.2) is 30.3 Å². The highest BCUT2D eigenvalue weighted by Gasteiger charge is 2.32. The molecule has 1 aromatic carbocycles. The summed E-state index contributed by atoms with van der Waals surface area (Å²) in [5, 5.41) is 13.0. The number of carbonyl (C=O) groups excluding carboxylic acids is 1. The molecule has 0 bridgehead atoms. The first-order valence-corrected chi connectivity index (χ1v) is 9.48. The van der Waals surface area contributed by atoms with Gasteiger partial charge in [-0.25, -0.2) is 9.78 Å². The molecule has 6 nitrogen and oxygen atoms in total. The third-order valence-electron chi connectivity index (χ3n) is 4.46. The number of amides is 1. The number of carboxylic acids is 1. The molecule has 0 saturated carbocycles. The summed E-state index contributed by atoms with van der Waals surface area (Å²) in [6.45, 7) is 2.78. The molecule has 1 aromatic heterocycles. The molecular weight excluding hydrogens is 352 g/mol. The van der Waals surface area contributed by atoms with Gasteiger partial charge in [-0.3, -0.25) is 4.79 Å². The second-order valence-corrected chi connectivity index (χ2v) is 7.53. The van der Waals surface area contributed by atoms with Crippen LogP contribution in [-0.2, 0) is 16.0 Å². The number of thiazole rings is 1. The van der Waals surface area contributed by atoms with Gasteiger partial charge in [0.2, 0.25) is 0 Å². The van der Waals surface area contributed by atoms with Gasteiger partial charge in [-0.2, -0.15) is 0 Å². The number of nitrogens with one attached hydrogen (secondary N) is 1. The van der Waals surface area contributed by atoms with Crippen LogP contribution in [0.1, 0.15) is 38.8 Å². The van der Waals surface area contributed by atoms with Gasteiger partial charge in [0.1, 0.15) is 10.9 Å². The Labute approximate surface area is 156 Å². The monoisotopic (exact) mass is 374 g/mol. The molecule has 2 heterocycles. The van der Waals surface area contributed by atoms with Gasteiger partial charge in [0.05, 0.1) is 17.3 Å². The Kier molecular flexibility index (Phi) is 6.00. The SMILES string of the molecule is Cc1nc(Cc2ccccc2)sc1C(=O)NC(C(=O)O)C1CCCOC1. The van der Waals surface area contributed by atoms with E-state index < -0.39 is 12.0 Å². The van der Waals surface area contributed by atoms with E-state index in [1.165, 1.54) is 11.3 Å². The smallest absolute Gasteiger partial charge is 0.326 e. The predicted molar refractivity (Wildman–Crippen MR) is 98.5 cm³/mol. The van der Waals surface area contributed by atoms with Gasteiger partial charge in [0, 0.05) is 18.9 Å². The van der Waals surface area contributed by atoms with Crippen LogP contribution in [-0.4, -0.2) is 41.2 Å². The van der Waals surface area contributed by atoms with Gasteiger partial charge >= 0.3 is 5.97 Å². The topological polar surface area (TPSA) is 88.5 Å². The highest BCUT2D eigenvalue weighted by atomic mass is 32.1. The standard InChI is InChI=1S/C19H22N2O4S/c1-12-17(26-15(20-12)10-13-6-3-2-4-7-13)18(22)21-16(19(23)24)14-8-5-9-25-11-14/h2-4,6-7,14,16H,5,8-11H2,1H3,(H,21,22)(H,23,24). The molecule has 0 spiro atoms. The highest BCUT2D eigenvalue weighted by Crippen LogP contribution is 2.23. The Morgan fingerprint density at radius 3 is 2.81 bits per heavy atom. The summed E-state index contributed by atoms with van der Waals surface area (Å²) in [6, 6.07) is 8.97. The van der Waals surface area contributed by atoms with Crippen molar-refractivity contribution < 1.29 is 19.4 Å². The molecule has 138 valence electrons. The van der Waals surface area contributed by atoms with Crippen molar-refractivity contribution in [3.8, 4) is 0 Å². The van der Waals surface area contributed by atoms with Gasteiger partial charge in [-0.1, -0.05) is 30.3 Å². The van der Waals surface area contributed by atoms with Crippen LogP contribution >= 0.6 is 11.3 Å². The van der Waals surface area contributed by atoms with Crippen molar-refractivity contribution in [1.29, 1.82) is 0 Å². The fourth-order valence-corrected chi connectivity index (χ4v) is 4.13. The van der Waals surface area contributed by atoms with Crippen LogP contribution < -0.4 is 5.32 Å². The zero-order valence-electron chi connectivity index (χ0n) is 14.6. The van der Waals surface area contributed by atoms with Crippen molar-refractivity contribution in [3.05, 3.63) is 51.5 Å². The number of rotatable bonds is 6. The first-order chi connectivity index (χ1) is 12.5. The van der Waals surface area contributed by atoms with Crippen molar-refractivity contribution >= 4 is 23.2 Å². The summed E-state index contributed by atoms with van der Waals surface area (Å²) in [7, 11) is 0. The molecule has 1 aliphatic heterocycles. The van der Waals surface area contributed by atoms with E-state index in [9.17, 15) is 14.7 Å². The van der Waals surface area contributed by atoms with Crippen molar-refractivity contribution in [2.24, 2.45) is 5.92 Å². The van der Waals surface area contributed by atoms with E-state index >= 15 is 0 Å². The maximum Gasteiger partial charge on any atom is 0.326 e. The summed E-state index contributed by atoms with van der Waals surface area (Å²) >= 11 is 1.32. The fraction of sp³-hybridized carbons (Fsp3) is 0.421. The van der Waals surface area contributed by atoms with E-state index in [-0.39, 0.29) is 11.8 Å². The summed E-state index contributed by atoms with van der Waals surface area (Å²) in [5.74, 6) is -1.61. The maximum atomic E-state index is 12.6. The second-order valence-electron chi connectivity index (χ2n) is 6.45. The lowest BCUT2D eigenvalue weighted by molar-refractivity contribution is -0.142. The van der Waals surface area contributed by atoms with Crippen LogP contribution in [0.25, 0.3) is 0 Å². The number of hydrogen-bond donors (Lipinski definition) is 2. The van der Waals surface area contributed by atoms with Gasteiger partial charge < -0.3 is 15.2 Å². The third-order valence-corrected chi connectivity index (χ3v) is 5.62. The molecule has 3 rings (SSSR count). The molecule has 1 aliphatic rings. The first-order valence-electron chi connectivity index (χ1n) is 8.66. The zero-order valence-corrected chi connectivity index (χ0v) is 15.4. The van der Waals surface area contributed by atoms with E-state index in [4.69, 9.17) is 4.74 Å². The minimum atomic E-state index is -1.03. The number of aliphatic carboxylic acids is 1. The molecule has 1 amide bonds. The third kappa shape index (κ3) is 4.47. The number of aryl methyl sites for hydroxylation is 1.